The Labute approximate surface area is 89.4 Å². The summed E-state index contributed by atoms with van der Waals surface area (Å²) in [4.78, 5) is 4.38. The molecule has 0 saturated carbocycles. The van der Waals surface area contributed by atoms with Gasteiger partial charge in [0.1, 0.15) is 0 Å². The van der Waals surface area contributed by atoms with Crippen LogP contribution in [0.3, 0.4) is 0 Å². The molecule has 0 aliphatic heterocycles. The molecule has 2 rings (SSSR count). The van der Waals surface area contributed by atoms with Crippen molar-refractivity contribution in [2.75, 3.05) is 6.61 Å². The van der Waals surface area contributed by atoms with Gasteiger partial charge in [0.25, 0.3) is 0 Å². The maximum atomic E-state index is 9.38. The molecule has 80 valence electrons. The van der Waals surface area contributed by atoms with Crippen molar-refractivity contribution in [2.45, 2.75) is 19.3 Å². The van der Waals surface area contributed by atoms with Gasteiger partial charge in [0.05, 0.1) is 24.0 Å². The minimum atomic E-state index is -0.242. The molecule has 0 unspecified atom stereocenters. The number of aliphatic hydroxyl groups is 1. The predicted octanol–water partition coefficient (Wildman–Crippen LogP) is 1.84. The van der Waals surface area contributed by atoms with Gasteiger partial charge < -0.3 is 9.67 Å². The van der Waals surface area contributed by atoms with Crippen LogP contribution in [-0.4, -0.2) is 21.3 Å². The van der Waals surface area contributed by atoms with Crippen molar-refractivity contribution < 1.29 is 5.11 Å². The molecule has 0 spiro atoms. The van der Waals surface area contributed by atoms with Crippen molar-refractivity contribution in [2.24, 2.45) is 7.05 Å². The third kappa shape index (κ3) is 1.53. The molecular formula is C12H16N2O. The van der Waals surface area contributed by atoms with Crippen LogP contribution in [-0.2, 0) is 12.5 Å². The minimum absolute atomic E-state index is 0.128. The van der Waals surface area contributed by atoms with Crippen LogP contribution in [0.15, 0.2) is 24.5 Å². The predicted molar refractivity (Wildman–Crippen MR) is 60.8 cm³/mol. The number of nitrogens with zero attached hydrogens (tertiary/aromatic N) is 2. The monoisotopic (exact) mass is 204 g/mol. The van der Waals surface area contributed by atoms with Gasteiger partial charge in [-0.2, -0.15) is 0 Å². The van der Waals surface area contributed by atoms with Crippen molar-refractivity contribution in [3.05, 3.63) is 30.1 Å². The van der Waals surface area contributed by atoms with Crippen LogP contribution >= 0.6 is 0 Å². The molecule has 3 heteroatoms. The first kappa shape index (κ1) is 10.2. The summed E-state index contributed by atoms with van der Waals surface area (Å²) in [6.45, 7) is 4.18. The Morgan fingerprint density at radius 3 is 2.80 bits per heavy atom. The Hall–Kier alpha value is -1.35. The first-order valence-corrected chi connectivity index (χ1v) is 5.07. The Kier molecular flexibility index (Phi) is 2.27. The molecule has 15 heavy (non-hydrogen) atoms. The average Bonchev–Trinajstić information content (AvgIpc) is 2.60. The molecule has 0 aliphatic rings. The third-order valence-electron chi connectivity index (χ3n) is 2.88. The molecule has 1 N–H and O–H groups in total. The van der Waals surface area contributed by atoms with Crippen molar-refractivity contribution in [3.8, 4) is 0 Å². The number of rotatable bonds is 2. The number of para-hydroxylation sites is 1. The Morgan fingerprint density at radius 1 is 1.40 bits per heavy atom. The zero-order chi connectivity index (χ0) is 11.1. The molecule has 0 fully saturated rings. The van der Waals surface area contributed by atoms with Gasteiger partial charge in [-0.15, -0.1) is 0 Å². The van der Waals surface area contributed by atoms with Crippen LogP contribution in [0.25, 0.3) is 11.0 Å². The molecule has 0 amide bonds. The zero-order valence-corrected chi connectivity index (χ0v) is 9.36. The molecule has 1 aromatic carbocycles. The molecule has 1 heterocycles. The van der Waals surface area contributed by atoms with Crippen molar-refractivity contribution in [1.82, 2.24) is 9.55 Å². The second-order valence-electron chi connectivity index (χ2n) is 4.57. The van der Waals surface area contributed by atoms with Gasteiger partial charge in [-0.25, -0.2) is 4.98 Å². The molecule has 2 aromatic rings. The maximum Gasteiger partial charge on any atom is 0.0955 e. The number of benzene rings is 1. The van der Waals surface area contributed by atoms with Gasteiger partial charge in [-0.3, -0.25) is 0 Å². The second-order valence-corrected chi connectivity index (χ2v) is 4.57. The molecule has 0 aliphatic carbocycles. The highest BCUT2D eigenvalue weighted by atomic mass is 16.3. The van der Waals surface area contributed by atoms with Crippen LogP contribution in [0.5, 0.6) is 0 Å². The first-order valence-electron chi connectivity index (χ1n) is 5.07. The average molecular weight is 204 g/mol. The summed E-state index contributed by atoms with van der Waals surface area (Å²) < 4.78 is 1.99. The molecule has 0 atom stereocenters. The van der Waals surface area contributed by atoms with Crippen LogP contribution in [0, 0.1) is 0 Å². The summed E-state index contributed by atoms with van der Waals surface area (Å²) in [6, 6.07) is 6.08. The van der Waals surface area contributed by atoms with E-state index in [1.807, 2.05) is 50.0 Å². The lowest BCUT2D eigenvalue weighted by molar-refractivity contribution is 0.219. The number of aryl methyl sites for hydroxylation is 1. The highest BCUT2D eigenvalue weighted by Gasteiger charge is 2.22. The van der Waals surface area contributed by atoms with Crippen LogP contribution in [0.4, 0.5) is 0 Å². The fourth-order valence-corrected chi connectivity index (χ4v) is 1.79. The van der Waals surface area contributed by atoms with E-state index >= 15 is 0 Å². The molecule has 0 radical (unpaired) electrons. The van der Waals surface area contributed by atoms with Crippen molar-refractivity contribution in [1.29, 1.82) is 0 Å². The Bertz CT molecular complexity index is 485. The highest BCUT2D eigenvalue weighted by molar-refractivity contribution is 5.80. The summed E-state index contributed by atoms with van der Waals surface area (Å²) in [7, 11) is 1.98. The van der Waals surface area contributed by atoms with Gasteiger partial charge in [-0.1, -0.05) is 26.0 Å². The quantitative estimate of drug-likeness (QED) is 0.810. The summed E-state index contributed by atoms with van der Waals surface area (Å²) in [5.41, 5.74) is 2.95. The van der Waals surface area contributed by atoms with Gasteiger partial charge in [0.2, 0.25) is 0 Å². The lowest BCUT2D eigenvalue weighted by Crippen LogP contribution is -2.22. The number of hydrogen-bond donors (Lipinski definition) is 1. The van der Waals surface area contributed by atoms with Crippen molar-refractivity contribution in [3.63, 3.8) is 0 Å². The van der Waals surface area contributed by atoms with Gasteiger partial charge >= 0.3 is 0 Å². The smallest absolute Gasteiger partial charge is 0.0955 e. The molecule has 0 bridgehead atoms. The standard InChI is InChI=1S/C12H16N2O/c1-12(2,7-15)9-5-4-6-10-11(9)13-8-14(10)3/h4-6,8,15H,7H2,1-3H3. The number of imidazole rings is 1. The SMILES string of the molecule is Cn1cnc2c(C(C)(C)CO)cccc21. The summed E-state index contributed by atoms with van der Waals surface area (Å²) in [6.07, 6.45) is 1.81. The first-order chi connectivity index (χ1) is 7.06. The third-order valence-corrected chi connectivity index (χ3v) is 2.88. The minimum Gasteiger partial charge on any atom is -0.395 e. The molecule has 0 saturated heterocycles. The van der Waals surface area contributed by atoms with Gasteiger partial charge in [0, 0.05) is 12.5 Å². The lowest BCUT2D eigenvalue weighted by Gasteiger charge is -2.22. The zero-order valence-electron chi connectivity index (χ0n) is 9.36. The number of aliphatic hydroxyl groups excluding tert-OH is 1. The number of hydrogen-bond acceptors (Lipinski definition) is 2. The highest BCUT2D eigenvalue weighted by Crippen LogP contribution is 2.28. The molecular weight excluding hydrogens is 188 g/mol. The van der Waals surface area contributed by atoms with E-state index in [-0.39, 0.29) is 12.0 Å². The largest absolute Gasteiger partial charge is 0.395 e. The van der Waals surface area contributed by atoms with E-state index in [9.17, 15) is 5.11 Å². The van der Waals surface area contributed by atoms with E-state index in [0.717, 1.165) is 16.6 Å². The second kappa shape index (κ2) is 3.35. The summed E-state index contributed by atoms with van der Waals surface area (Å²) in [5, 5.41) is 9.38. The Morgan fingerprint density at radius 2 is 2.13 bits per heavy atom. The lowest BCUT2D eigenvalue weighted by atomic mass is 9.85. The van der Waals surface area contributed by atoms with E-state index in [4.69, 9.17) is 0 Å². The van der Waals surface area contributed by atoms with Crippen LogP contribution < -0.4 is 0 Å². The maximum absolute atomic E-state index is 9.38. The van der Waals surface area contributed by atoms with Crippen LogP contribution in [0.1, 0.15) is 19.4 Å². The van der Waals surface area contributed by atoms with Crippen molar-refractivity contribution >= 4 is 11.0 Å². The number of aromatic nitrogens is 2. The topological polar surface area (TPSA) is 38.0 Å². The van der Waals surface area contributed by atoms with Gasteiger partial charge in [0.15, 0.2) is 0 Å². The summed E-state index contributed by atoms with van der Waals surface area (Å²) in [5.74, 6) is 0. The van der Waals surface area contributed by atoms with E-state index in [1.54, 1.807) is 0 Å². The van der Waals surface area contributed by atoms with E-state index in [1.165, 1.54) is 0 Å². The fraction of sp³-hybridized carbons (Fsp3) is 0.417. The molecule has 1 aromatic heterocycles. The van der Waals surface area contributed by atoms with Crippen LogP contribution in [0.2, 0.25) is 0 Å². The normalized spacial score (nSPS) is 12.3. The molecule has 3 nitrogen and oxygen atoms in total. The van der Waals surface area contributed by atoms with E-state index in [0.29, 0.717) is 0 Å². The fourth-order valence-electron chi connectivity index (χ4n) is 1.79. The number of fused-ring (bicyclic) bond motifs is 1. The Balaban J connectivity index is 2.71. The van der Waals surface area contributed by atoms with E-state index < -0.39 is 0 Å². The summed E-state index contributed by atoms with van der Waals surface area (Å²) >= 11 is 0. The van der Waals surface area contributed by atoms with Gasteiger partial charge in [-0.05, 0) is 11.6 Å². The van der Waals surface area contributed by atoms with E-state index in [2.05, 4.69) is 4.98 Å².